The number of rotatable bonds is 5. The van der Waals surface area contributed by atoms with E-state index in [4.69, 9.17) is 4.42 Å². The molecule has 0 saturated heterocycles. The molecule has 0 aliphatic heterocycles. The second-order valence-corrected chi connectivity index (χ2v) is 6.75. The van der Waals surface area contributed by atoms with E-state index in [9.17, 15) is 4.79 Å². The molecule has 0 aliphatic rings. The van der Waals surface area contributed by atoms with E-state index in [0.29, 0.717) is 23.9 Å². The minimum absolute atomic E-state index is 0.0344. The van der Waals surface area contributed by atoms with Crippen molar-refractivity contribution in [3.8, 4) is 0 Å². The van der Waals surface area contributed by atoms with Gasteiger partial charge in [-0.05, 0) is 31.2 Å². The molecule has 0 N–H and O–H groups in total. The summed E-state index contributed by atoms with van der Waals surface area (Å²) in [6.07, 6.45) is 0.738. The van der Waals surface area contributed by atoms with Crippen LogP contribution in [0.2, 0.25) is 0 Å². The molecule has 2 heterocycles. The molecule has 4 aromatic rings. The van der Waals surface area contributed by atoms with Crippen LogP contribution in [0.25, 0.3) is 11.1 Å². The molecule has 2 aromatic carbocycles. The molecule has 1 amide bonds. The zero-order valence-corrected chi connectivity index (χ0v) is 15.1. The maximum atomic E-state index is 13.0. The van der Waals surface area contributed by atoms with Crippen molar-refractivity contribution in [3.05, 3.63) is 71.6 Å². The largest absolute Gasteiger partial charge is 0.441 e. The van der Waals surface area contributed by atoms with E-state index >= 15 is 0 Å². The van der Waals surface area contributed by atoms with Gasteiger partial charge in [0.25, 0.3) is 0 Å². The van der Waals surface area contributed by atoms with Crippen LogP contribution < -0.4 is 4.90 Å². The lowest BCUT2D eigenvalue weighted by Crippen LogP contribution is -2.26. The number of oxazole rings is 1. The predicted molar refractivity (Wildman–Crippen MR) is 103 cm³/mol. The van der Waals surface area contributed by atoms with Gasteiger partial charge in [0.1, 0.15) is 5.52 Å². The van der Waals surface area contributed by atoms with Crippen LogP contribution in [0.5, 0.6) is 0 Å². The van der Waals surface area contributed by atoms with Crippen molar-refractivity contribution < 1.29 is 9.21 Å². The summed E-state index contributed by atoms with van der Waals surface area (Å²) < 4.78 is 5.72. The molecular weight excluding hydrogens is 346 g/mol. The fourth-order valence-corrected chi connectivity index (χ4v) is 3.57. The van der Waals surface area contributed by atoms with Crippen molar-refractivity contribution >= 4 is 39.2 Å². The molecule has 4 rings (SSSR count). The number of aryl methyl sites for hydroxylation is 2. The quantitative estimate of drug-likeness (QED) is 0.506. The van der Waals surface area contributed by atoms with Gasteiger partial charge in [0.05, 0.1) is 11.4 Å². The summed E-state index contributed by atoms with van der Waals surface area (Å²) in [6, 6.07) is 17.2. The van der Waals surface area contributed by atoms with Crippen molar-refractivity contribution in [1.29, 1.82) is 0 Å². The molecule has 6 heteroatoms. The van der Waals surface area contributed by atoms with Crippen molar-refractivity contribution in [1.82, 2.24) is 9.97 Å². The van der Waals surface area contributed by atoms with Crippen molar-refractivity contribution in [2.45, 2.75) is 19.8 Å². The fourth-order valence-electron chi connectivity index (χ4n) is 2.73. The van der Waals surface area contributed by atoms with Gasteiger partial charge in [-0.3, -0.25) is 9.69 Å². The second-order valence-electron chi connectivity index (χ2n) is 5.91. The number of nitrogens with zero attached hydrogens (tertiary/aromatic N) is 3. The number of anilines is 2. The Balaban J connectivity index is 1.56. The molecule has 0 unspecified atom stereocenters. The fraction of sp³-hybridized carbons (Fsp3) is 0.150. The van der Waals surface area contributed by atoms with E-state index in [1.807, 2.05) is 66.9 Å². The van der Waals surface area contributed by atoms with Crippen molar-refractivity contribution in [2.75, 3.05) is 4.90 Å². The number of carbonyl (C=O) groups is 1. The van der Waals surface area contributed by atoms with Crippen LogP contribution in [0.4, 0.5) is 10.8 Å². The number of fused-ring (bicyclic) bond motifs is 1. The number of para-hydroxylation sites is 3. The summed E-state index contributed by atoms with van der Waals surface area (Å²) in [5.74, 6) is 0.538. The highest BCUT2D eigenvalue weighted by atomic mass is 32.1. The molecule has 0 fully saturated rings. The Hall–Kier alpha value is -2.99. The molecular formula is C20H17N3O2S. The third kappa shape index (κ3) is 3.36. The van der Waals surface area contributed by atoms with Gasteiger partial charge in [0.2, 0.25) is 5.91 Å². The molecule has 2 aromatic heterocycles. The van der Waals surface area contributed by atoms with E-state index in [-0.39, 0.29) is 5.91 Å². The van der Waals surface area contributed by atoms with Crippen LogP contribution in [-0.4, -0.2) is 15.9 Å². The molecule has 130 valence electrons. The van der Waals surface area contributed by atoms with Gasteiger partial charge >= 0.3 is 0 Å². The summed E-state index contributed by atoms with van der Waals surface area (Å²) in [7, 11) is 0. The van der Waals surface area contributed by atoms with Gasteiger partial charge in [-0.1, -0.05) is 30.3 Å². The topological polar surface area (TPSA) is 59.2 Å². The van der Waals surface area contributed by atoms with Crippen molar-refractivity contribution in [2.24, 2.45) is 0 Å². The second kappa shape index (κ2) is 7.09. The molecule has 0 saturated carbocycles. The number of benzene rings is 2. The monoisotopic (exact) mass is 363 g/mol. The highest BCUT2D eigenvalue weighted by Gasteiger charge is 2.21. The average Bonchev–Trinajstić information content (AvgIpc) is 3.27. The third-order valence-corrected chi connectivity index (χ3v) is 4.90. The lowest BCUT2D eigenvalue weighted by molar-refractivity contribution is -0.117. The maximum Gasteiger partial charge on any atom is 0.233 e. The van der Waals surface area contributed by atoms with Gasteiger partial charge in [0, 0.05) is 18.2 Å². The first-order chi connectivity index (χ1) is 12.7. The summed E-state index contributed by atoms with van der Waals surface area (Å²) >= 11 is 1.46. The Bertz CT molecular complexity index is 1010. The van der Waals surface area contributed by atoms with Gasteiger partial charge in [-0.2, -0.15) is 0 Å². The third-order valence-electron chi connectivity index (χ3n) is 3.95. The van der Waals surface area contributed by atoms with E-state index < -0.39 is 0 Å². The Morgan fingerprint density at radius 2 is 1.85 bits per heavy atom. The molecule has 0 spiro atoms. The summed E-state index contributed by atoms with van der Waals surface area (Å²) in [4.78, 5) is 23.6. The first-order valence-corrected chi connectivity index (χ1v) is 9.23. The number of amides is 1. The summed E-state index contributed by atoms with van der Waals surface area (Å²) in [5.41, 5.74) is 3.26. The highest BCUT2D eigenvalue weighted by molar-refractivity contribution is 7.14. The molecule has 0 atom stereocenters. The van der Waals surface area contributed by atoms with Crippen LogP contribution in [0.3, 0.4) is 0 Å². The Morgan fingerprint density at radius 1 is 1.08 bits per heavy atom. The smallest absolute Gasteiger partial charge is 0.233 e. The SMILES string of the molecule is Cc1csc(N(C(=O)CCc2nc3ccccc3o2)c2ccccc2)n1. The first-order valence-electron chi connectivity index (χ1n) is 8.35. The van der Waals surface area contributed by atoms with E-state index in [1.165, 1.54) is 11.3 Å². The molecule has 0 aliphatic carbocycles. The van der Waals surface area contributed by atoms with Gasteiger partial charge in [0.15, 0.2) is 16.6 Å². The van der Waals surface area contributed by atoms with Crippen LogP contribution in [0.1, 0.15) is 18.0 Å². The van der Waals surface area contributed by atoms with Crippen LogP contribution in [0.15, 0.2) is 64.4 Å². The van der Waals surface area contributed by atoms with Gasteiger partial charge < -0.3 is 4.42 Å². The van der Waals surface area contributed by atoms with Crippen LogP contribution in [0, 0.1) is 6.92 Å². The number of hydrogen-bond donors (Lipinski definition) is 0. The predicted octanol–water partition coefficient (Wildman–Crippen LogP) is 4.89. The average molecular weight is 363 g/mol. The Kier molecular flexibility index (Phi) is 4.50. The maximum absolute atomic E-state index is 13.0. The minimum atomic E-state index is -0.0344. The summed E-state index contributed by atoms with van der Waals surface area (Å²) in [6.45, 7) is 1.92. The van der Waals surface area contributed by atoms with Gasteiger partial charge in [-0.15, -0.1) is 11.3 Å². The lowest BCUT2D eigenvalue weighted by atomic mass is 10.2. The number of thiazole rings is 1. The van der Waals surface area contributed by atoms with Gasteiger partial charge in [-0.25, -0.2) is 9.97 Å². The van der Waals surface area contributed by atoms with E-state index in [1.54, 1.807) is 4.90 Å². The van der Waals surface area contributed by atoms with Crippen LogP contribution >= 0.6 is 11.3 Å². The standard InChI is InChI=1S/C20H17N3O2S/c1-14-13-26-20(21-14)23(15-7-3-2-4-8-15)19(24)12-11-18-22-16-9-5-6-10-17(16)25-18/h2-10,13H,11-12H2,1H3. The highest BCUT2D eigenvalue weighted by Crippen LogP contribution is 2.29. The molecule has 0 radical (unpaired) electrons. The Labute approximate surface area is 154 Å². The normalized spacial score (nSPS) is 11.0. The molecule has 0 bridgehead atoms. The Morgan fingerprint density at radius 3 is 2.58 bits per heavy atom. The number of hydrogen-bond acceptors (Lipinski definition) is 5. The zero-order chi connectivity index (χ0) is 17.9. The number of carbonyl (C=O) groups excluding carboxylic acids is 1. The van der Waals surface area contributed by atoms with E-state index in [0.717, 1.165) is 22.5 Å². The van der Waals surface area contributed by atoms with E-state index in [2.05, 4.69) is 9.97 Å². The zero-order valence-electron chi connectivity index (χ0n) is 14.3. The molecule has 26 heavy (non-hydrogen) atoms. The lowest BCUT2D eigenvalue weighted by Gasteiger charge is -2.19. The number of aromatic nitrogens is 2. The summed E-state index contributed by atoms with van der Waals surface area (Å²) in [5, 5.41) is 2.62. The first kappa shape index (κ1) is 16.5. The van der Waals surface area contributed by atoms with Crippen molar-refractivity contribution in [3.63, 3.8) is 0 Å². The molecule has 5 nitrogen and oxygen atoms in total. The minimum Gasteiger partial charge on any atom is -0.441 e. The van der Waals surface area contributed by atoms with Crippen LogP contribution in [-0.2, 0) is 11.2 Å².